The molecule has 2 aliphatic rings. The first kappa shape index (κ1) is 19.2. The lowest BCUT2D eigenvalue weighted by Gasteiger charge is -2.17. The van der Waals surface area contributed by atoms with Crippen LogP contribution in [0.25, 0.3) is 0 Å². The molecular weight excluding hydrogens is 396 g/mol. The van der Waals surface area contributed by atoms with Crippen LogP contribution in [0.4, 0.5) is 22.7 Å². The molecule has 2 aromatic carbocycles. The highest BCUT2D eigenvalue weighted by molar-refractivity contribution is 7.93. The van der Waals surface area contributed by atoms with Crippen LogP contribution in [0.5, 0.6) is 0 Å². The van der Waals surface area contributed by atoms with E-state index in [2.05, 4.69) is 10.6 Å². The summed E-state index contributed by atoms with van der Waals surface area (Å²) in [4.78, 5) is 23.4. The number of carbonyl (C=O) groups excluding carboxylic acids is 1. The first-order valence-corrected chi connectivity index (χ1v) is 10.9. The minimum Gasteiger partial charge on any atom is -0.377 e. The average Bonchev–Trinajstić information content (AvgIpc) is 3.43. The predicted octanol–water partition coefficient (Wildman–Crippen LogP) is 2.96. The number of anilines is 3. The Balaban J connectivity index is 1.49. The Morgan fingerprint density at radius 1 is 1.14 bits per heavy atom. The van der Waals surface area contributed by atoms with E-state index in [1.165, 1.54) is 16.4 Å². The summed E-state index contributed by atoms with van der Waals surface area (Å²) in [7, 11) is -3.26. The summed E-state index contributed by atoms with van der Waals surface area (Å²) in [6, 6.07) is 11.1. The highest BCUT2D eigenvalue weighted by Gasteiger charge is 2.28. The van der Waals surface area contributed by atoms with Gasteiger partial charge in [-0.2, -0.15) is 0 Å². The van der Waals surface area contributed by atoms with E-state index >= 15 is 0 Å². The van der Waals surface area contributed by atoms with Crippen molar-refractivity contribution >= 4 is 38.7 Å². The van der Waals surface area contributed by atoms with Crippen molar-refractivity contribution < 1.29 is 18.1 Å². The van der Waals surface area contributed by atoms with Gasteiger partial charge >= 0.3 is 0 Å². The van der Waals surface area contributed by atoms with Crippen LogP contribution >= 0.6 is 0 Å². The van der Waals surface area contributed by atoms with Gasteiger partial charge < -0.3 is 10.6 Å². The molecule has 0 unspecified atom stereocenters. The molecule has 2 N–H and O–H groups in total. The molecule has 0 radical (unpaired) electrons. The molecule has 4 rings (SSSR count). The van der Waals surface area contributed by atoms with Crippen molar-refractivity contribution in [2.75, 3.05) is 27.2 Å². The Labute approximate surface area is 167 Å². The van der Waals surface area contributed by atoms with E-state index in [1.807, 2.05) is 0 Å². The lowest BCUT2D eigenvalue weighted by molar-refractivity contribution is -0.384. The van der Waals surface area contributed by atoms with Crippen LogP contribution in [-0.4, -0.2) is 37.6 Å². The van der Waals surface area contributed by atoms with Crippen LogP contribution in [-0.2, 0) is 10.0 Å². The van der Waals surface area contributed by atoms with Crippen LogP contribution in [0, 0.1) is 10.1 Å². The number of nitro groups is 1. The quantitative estimate of drug-likeness (QED) is 0.551. The maximum Gasteiger partial charge on any atom is 0.293 e. The standard InChI is InChI=1S/C19H20N4O5S/c24-19(13-2-9-17(20-14-3-4-14)18(12-13)23(25)26)21-15-5-7-16(8-6-15)22-10-1-11-29(22,27)28/h2,5-9,12,14,20H,1,3-4,10-11H2,(H,21,24). The molecule has 0 aromatic heterocycles. The molecule has 0 atom stereocenters. The van der Waals surface area contributed by atoms with Gasteiger partial charge in [0, 0.05) is 29.9 Å². The van der Waals surface area contributed by atoms with Gasteiger partial charge in [-0.05, 0) is 55.7 Å². The molecule has 9 nitrogen and oxygen atoms in total. The molecular formula is C19H20N4O5S. The highest BCUT2D eigenvalue weighted by Crippen LogP contribution is 2.32. The molecule has 1 aliphatic carbocycles. The number of hydrogen-bond acceptors (Lipinski definition) is 6. The van der Waals surface area contributed by atoms with Gasteiger partial charge in [0.1, 0.15) is 5.69 Å². The van der Waals surface area contributed by atoms with Crippen molar-refractivity contribution in [2.45, 2.75) is 25.3 Å². The van der Waals surface area contributed by atoms with Gasteiger partial charge in [0.2, 0.25) is 10.0 Å². The van der Waals surface area contributed by atoms with Gasteiger partial charge in [-0.25, -0.2) is 8.42 Å². The predicted molar refractivity (Wildman–Crippen MR) is 110 cm³/mol. The van der Waals surface area contributed by atoms with E-state index < -0.39 is 20.9 Å². The van der Waals surface area contributed by atoms with Crippen molar-refractivity contribution in [1.29, 1.82) is 0 Å². The molecule has 1 saturated carbocycles. The van der Waals surface area contributed by atoms with Crippen LogP contribution < -0.4 is 14.9 Å². The summed E-state index contributed by atoms with van der Waals surface area (Å²) in [5, 5.41) is 17.1. The van der Waals surface area contributed by atoms with E-state index in [0.717, 1.165) is 12.8 Å². The van der Waals surface area contributed by atoms with Gasteiger partial charge in [-0.1, -0.05) is 0 Å². The molecule has 1 heterocycles. The fraction of sp³-hybridized carbons (Fsp3) is 0.316. The van der Waals surface area contributed by atoms with Crippen molar-refractivity contribution in [2.24, 2.45) is 0 Å². The number of amides is 1. The molecule has 29 heavy (non-hydrogen) atoms. The molecule has 152 valence electrons. The number of nitrogens with one attached hydrogen (secondary N) is 2. The Bertz CT molecular complexity index is 1060. The van der Waals surface area contributed by atoms with Gasteiger partial charge in [-0.3, -0.25) is 19.2 Å². The fourth-order valence-corrected chi connectivity index (χ4v) is 4.80. The molecule has 2 fully saturated rings. The Morgan fingerprint density at radius 2 is 1.86 bits per heavy atom. The van der Waals surface area contributed by atoms with E-state index in [0.29, 0.717) is 30.0 Å². The van der Waals surface area contributed by atoms with Gasteiger partial charge in [0.15, 0.2) is 0 Å². The lowest BCUT2D eigenvalue weighted by Crippen LogP contribution is -2.25. The molecule has 2 aromatic rings. The van der Waals surface area contributed by atoms with Crippen molar-refractivity contribution in [3.05, 3.63) is 58.1 Å². The van der Waals surface area contributed by atoms with Crippen LogP contribution in [0.1, 0.15) is 29.6 Å². The monoisotopic (exact) mass is 416 g/mol. The zero-order valence-electron chi connectivity index (χ0n) is 15.5. The van der Waals surface area contributed by atoms with Gasteiger partial charge in [0.05, 0.1) is 16.4 Å². The highest BCUT2D eigenvalue weighted by atomic mass is 32.2. The Kier molecular flexibility index (Phi) is 4.87. The summed E-state index contributed by atoms with van der Waals surface area (Å²) in [5.74, 6) is -0.344. The summed E-state index contributed by atoms with van der Waals surface area (Å²) in [5.41, 5.74) is 1.46. The molecule has 10 heteroatoms. The Morgan fingerprint density at radius 3 is 2.45 bits per heavy atom. The summed E-state index contributed by atoms with van der Waals surface area (Å²) in [6.45, 7) is 0.443. The molecule has 1 saturated heterocycles. The third kappa shape index (κ3) is 4.16. The van der Waals surface area contributed by atoms with Crippen molar-refractivity contribution in [3.63, 3.8) is 0 Å². The van der Waals surface area contributed by atoms with Crippen LogP contribution in [0.3, 0.4) is 0 Å². The van der Waals surface area contributed by atoms with Crippen LogP contribution in [0.2, 0.25) is 0 Å². The summed E-state index contributed by atoms with van der Waals surface area (Å²) in [6.07, 6.45) is 2.55. The second kappa shape index (κ2) is 7.36. The van der Waals surface area contributed by atoms with Crippen molar-refractivity contribution in [1.82, 2.24) is 0 Å². The molecule has 0 bridgehead atoms. The van der Waals surface area contributed by atoms with E-state index in [4.69, 9.17) is 0 Å². The summed E-state index contributed by atoms with van der Waals surface area (Å²) < 4.78 is 25.3. The number of hydrogen-bond donors (Lipinski definition) is 2. The van der Waals surface area contributed by atoms with Crippen LogP contribution in [0.15, 0.2) is 42.5 Å². The fourth-order valence-electron chi connectivity index (χ4n) is 3.24. The van der Waals surface area contributed by atoms with Gasteiger partial charge in [0.25, 0.3) is 11.6 Å². The third-order valence-electron chi connectivity index (χ3n) is 4.91. The first-order valence-electron chi connectivity index (χ1n) is 9.30. The number of nitro benzene ring substituents is 1. The number of nitrogens with zero attached hydrogens (tertiary/aromatic N) is 2. The van der Waals surface area contributed by atoms with E-state index in [1.54, 1.807) is 30.3 Å². The minimum absolute atomic E-state index is 0.135. The maximum atomic E-state index is 12.5. The van der Waals surface area contributed by atoms with E-state index in [9.17, 15) is 23.3 Å². The second-order valence-electron chi connectivity index (χ2n) is 7.15. The van der Waals surface area contributed by atoms with E-state index in [-0.39, 0.29) is 23.0 Å². The maximum absolute atomic E-state index is 12.5. The smallest absolute Gasteiger partial charge is 0.293 e. The largest absolute Gasteiger partial charge is 0.377 e. The number of rotatable bonds is 6. The second-order valence-corrected chi connectivity index (χ2v) is 9.16. The topological polar surface area (TPSA) is 122 Å². The minimum atomic E-state index is -3.26. The molecule has 1 aliphatic heterocycles. The number of sulfonamides is 1. The zero-order chi connectivity index (χ0) is 20.6. The molecule has 1 amide bonds. The lowest BCUT2D eigenvalue weighted by atomic mass is 10.1. The van der Waals surface area contributed by atoms with Crippen molar-refractivity contribution in [3.8, 4) is 0 Å². The zero-order valence-corrected chi connectivity index (χ0v) is 16.3. The average molecular weight is 416 g/mol. The SMILES string of the molecule is O=C(Nc1ccc(N2CCCS2(=O)=O)cc1)c1ccc(NC2CC2)c([N+](=O)[O-])c1. The third-order valence-corrected chi connectivity index (χ3v) is 6.78. The van der Waals surface area contributed by atoms with Gasteiger partial charge in [-0.15, -0.1) is 0 Å². The Hall–Kier alpha value is -3.14. The number of benzene rings is 2. The summed E-state index contributed by atoms with van der Waals surface area (Å²) >= 11 is 0. The number of carbonyl (C=O) groups is 1. The molecule has 0 spiro atoms. The normalized spacial score (nSPS) is 17.7. The first-order chi connectivity index (χ1) is 13.8.